The van der Waals surface area contributed by atoms with Crippen LogP contribution in [0.1, 0.15) is 0 Å². The first-order chi connectivity index (χ1) is 8.31. The molecule has 1 aromatic rings. The largest absolute Gasteiger partial charge is 0.573 e. The quantitative estimate of drug-likeness (QED) is 0.709. The number of anilines is 1. The molecule has 0 saturated carbocycles. The van der Waals surface area contributed by atoms with Gasteiger partial charge in [-0.2, -0.15) is 0 Å². The lowest BCUT2D eigenvalue weighted by atomic mass is 10.2. The van der Waals surface area contributed by atoms with Gasteiger partial charge in [0.25, 0.3) is 0 Å². The maximum atomic E-state index is 12.8. The third-order valence-corrected chi connectivity index (χ3v) is 1.91. The van der Waals surface area contributed by atoms with Crippen LogP contribution in [0.3, 0.4) is 0 Å². The molecule has 0 saturated heterocycles. The summed E-state index contributed by atoms with van der Waals surface area (Å²) >= 11 is 0. The molecule has 0 aromatic heterocycles. The molecular formula is C10H11F4NO3. The molecule has 8 heteroatoms. The van der Waals surface area contributed by atoms with Crippen molar-refractivity contribution < 1.29 is 32.5 Å². The van der Waals surface area contributed by atoms with Gasteiger partial charge >= 0.3 is 6.36 Å². The maximum absolute atomic E-state index is 12.8. The van der Waals surface area contributed by atoms with Crippen molar-refractivity contribution in [3.63, 3.8) is 0 Å². The van der Waals surface area contributed by atoms with Crippen molar-refractivity contribution in [1.82, 2.24) is 0 Å². The lowest BCUT2D eigenvalue weighted by Crippen LogP contribution is -2.24. The fraction of sp³-hybridized carbons (Fsp3) is 0.400. The van der Waals surface area contributed by atoms with E-state index < -0.39 is 30.6 Å². The molecule has 0 aliphatic rings. The number of alkyl halides is 3. The highest BCUT2D eigenvalue weighted by Gasteiger charge is 2.32. The molecular weight excluding hydrogens is 258 g/mol. The number of benzene rings is 1. The highest BCUT2D eigenvalue weighted by molar-refractivity contribution is 5.56. The second-order valence-electron chi connectivity index (χ2n) is 3.41. The second kappa shape index (κ2) is 5.87. The van der Waals surface area contributed by atoms with Crippen LogP contribution in [0.15, 0.2) is 18.2 Å². The van der Waals surface area contributed by atoms with Crippen LogP contribution in [0, 0.1) is 5.82 Å². The molecule has 0 aliphatic heterocycles. The van der Waals surface area contributed by atoms with Crippen LogP contribution in [0.2, 0.25) is 0 Å². The van der Waals surface area contributed by atoms with Crippen LogP contribution in [0.25, 0.3) is 0 Å². The van der Waals surface area contributed by atoms with Gasteiger partial charge in [0.1, 0.15) is 5.82 Å². The van der Waals surface area contributed by atoms with Crippen molar-refractivity contribution >= 4 is 5.69 Å². The number of aliphatic hydroxyl groups excluding tert-OH is 2. The van der Waals surface area contributed by atoms with Gasteiger partial charge in [0.05, 0.1) is 18.4 Å². The highest BCUT2D eigenvalue weighted by atomic mass is 19.4. The molecule has 0 bridgehead atoms. The molecule has 1 aromatic carbocycles. The monoisotopic (exact) mass is 269 g/mol. The minimum Gasteiger partial charge on any atom is -0.403 e. The SMILES string of the molecule is OCC(O)CNc1ccc(F)cc1OC(F)(F)F. The van der Waals surface area contributed by atoms with Gasteiger partial charge in [0.15, 0.2) is 5.75 Å². The first kappa shape index (κ1) is 14.5. The van der Waals surface area contributed by atoms with Crippen molar-refractivity contribution in [3.8, 4) is 5.75 Å². The fourth-order valence-electron chi connectivity index (χ4n) is 1.14. The van der Waals surface area contributed by atoms with E-state index in [1.165, 1.54) is 0 Å². The summed E-state index contributed by atoms with van der Waals surface area (Å²) in [5.74, 6) is -1.63. The third kappa shape index (κ3) is 4.76. The van der Waals surface area contributed by atoms with Crippen LogP contribution in [-0.2, 0) is 0 Å². The van der Waals surface area contributed by atoms with E-state index in [2.05, 4.69) is 10.1 Å². The number of rotatable bonds is 5. The Morgan fingerprint density at radius 1 is 1.33 bits per heavy atom. The molecule has 4 nitrogen and oxygen atoms in total. The van der Waals surface area contributed by atoms with Crippen LogP contribution in [0.5, 0.6) is 5.75 Å². The van der Waals surface area contributed by atoms with Crippen molar-refractivity contribution in [3.05, 3.63) is 24.0 Å². The van der Waals surface area contributed by atoms with E-state index in [4.69, 9.17) is 10.2 Å². The molecule has 0 aliphatic carbocycles. The Balaban J connectivity index is 2.83. The Bertz CT molecular complexity index is 397. The number of ether oxygens (including phenoxy) is 1. The Labute approximate surface area is 99.8 Å². The number of hydrogen-bond acceptors (Lipinski definition) is 4. The van der Waals surface area contributed by atoms with E-state index in [0.717, 1.165) is 12.1 Å². The molecule has 0 radical (unpaired) electrons. The van der Waals surface area contributed by atoms with Gasteiger partial charge < -0.3 is 20.3 Å². The molecule has 0 spiro atoms. The Kier molecular flexibility index (Phi) is 4.74. The highest BCUT2D eigenvalue weighted by Crippen LogP contribution is 2.30. The summed E-state index contributed by atoms with van der Waals surface area (Å²) in [6.07, 6.45) is -6.09. The van der Waals surface area contributed by atoms with Gasteiger partial charge in [-0.3, -0.25) is 0 Å². The summed E-state index contributed by atoms with van der Waals surface area (Å²) in [5.41, 5.74) is -0.138. The summed E-state index contributed by atoms with van der Waals surface area (Å²) in [6, 6.07) is 2.55. The third-order valence-electron chi connectivity index (χ3n) is 1.91. The Morgan fingerprint density at radius 3 is 2.56 bits per heavy atom. The van der Waals surface area contributed by atoms with Crippen LogP contribution < -0.4 is 10.1 Å². The molecule has 3 N–H and O–H groups in total. The summed E-state index contributed by atoms with van der Waals surface area (Å²) in [6.45, 7) is -0.750. The summed E-state index contributed by atoms with van der Waals surface area (Å²) in [4.78, 5) is 0. The van der Waals surface area contributed by atoms with Gasteiger partial charge in [-0.05, 0) is 12.1 Å². The van der Waals surface area contributed by atoms with E-state index >= 15 is 0 Å². The van der Waals surface area contributed by atoms with Gasteiger partial charge in [0, 0.05) is 12.6 Å². The molecule has 102 valence electrons. The molecule has 0 fully saturated rings. The molecule has 1 rings (SSSR count). The molecule has 1 atom stereocenters. The zero-order valence-electron chi connectivity index (χ0n) is 9.04. The molecule has 18 heavy (non-hydrogen) atoms. The minimum atomic E-state index is -4.94. The normalized spacial score (nSPS) is 13.2. The Morgan fingerprint density at radius 2 is 2.00 bits per heavy atom. The predicted molar refractivity (Wildman–Crippen MR) is 54.7 cm³/mol. The van der Waals surface area contributed by atoms with Crippen LogP contribution >= 0.6 is 0 Å². The summed E-state index contributed by atoms with van der Waals surface area (Å²) in [7, 11) is 0. The summed E-state index contributed by atoms with van der Waals surface area (Å²) in [5, 5.41) is 20.0. The van der Waals surface area contributed by atoms with E-state index in [0.29, 0.717) is 6.07 Å². The van der Waals surface area contributed by atoms with Crippen LogP contribution in [0.4, 0.5) is 23.2 Å². The number of nitrogens with one attached hydrogen (secondary N) is 1. The Hall–Kier alpha value is -1.54. The number of aliphatic hydroxyl groups is 2. The zero-order valence-corrected chi connectivity index (χ0v) is 9.04. The van der Waals surface area contributed by atoms with E-state index in [1.807, 2.05) is 0 Å². The predicted octanol–water partition coefficient (Wildman–Crippen LogP) is 1.49. The number of hydrogen-bond donors (Lipinski definition) is 3. The van der Waals surface area contributed by atoms with E-state index in [9.17, 15) is 17.6 Å². The maximum Gasteiger partial charge on any atom is 0.573 e. The first-order valence-electron chi connectivity index (χ1n) is 4.90. The van der Waals surface area contributed by atoms with E-state index in [-0.39, 0.29) is 12.2 Å². The lowest BCUT2D eigenvalue weighted by Gasteiger charge is -2.16. The van der Waals surface area contributed by atoms with Crippen molar-refractivity contribution in [2.24, 2.45) is 0 Å². The fourth-order valence-corrected chi connectivity index (χ4v) is 1.14. The smallest absolute Gasteiger partial charge is 0.403 e. The second-order valence-corrected chi connectivity index (χ2v) is 3.41. The standard InChI is InChI=1S/C10H11F4NO3/c11-6-1-2-8(15-4-7(17)5-16)9(3-6)18-10(12,13)14/h1-3,7,15-17H,4-5H2. The minimum absolute atomic E-state index is 0.138. The van der Waals surface area contributed by atoms with Gasteiger partial charge in [-0.15, -0.1) is 13.2 Å². The van der Waals surface area contributed by atoms with Gasteiger partial charge in [0.2, 0.25) is 0 Å². The van der Waals surface area contributed by atoms with Crippen molar-refractivity contribution in [2.75, 3.05) is 18.5 Å². The molecule has 1 unspecified atom stereocenters. The molecule has 0 heterocycles. The molecule has 0 amide bonds. The average Bonchev–Trinajstić information content (AvgIpc) is 2.25. The van der Waals surface area contributed by atoms with Crippen molar-refractivity contribution in [2.45, 2.75) is 12.5 Å². The van der Waals surface area contributed by atoms with Crippen molar-refractivity contribution in [1.29, 1.82) is 0 Å². The first-order valence-corrected chi connectivity index (χ1v) is 4.90. The topological polar surface area (TPSA) is 61.7 Å². The lowest BCUT2D eigenvalue weighted by molar-refractivity contribution is -0.274. The van der Waals surface area contributed by atoms with Crippen LogP contribution in [-0.4, -0.2) is 35.8 Å². The zero-order chi connectivity index (χ0) is 13.8. The number of halogens is 4. The summed E-state index contributed by atoms with van der Waals surface area (Å²) < 4.78 is 52.6. The van der Waals surface area contributed by atoms with E-state index in [1.54, 1.807) is 0 Å². The average molecular weight is 269 g/mol. The van der Waals surface area contributed by atoms with Gasteiger partial charge in [-0.25, -0.2) is 4.39 Å². The van der Waals surface area contributed by atoms with Gasteiger partial charge in [-0.1, -0.05) is 0 Å².